The maximum Gasteiger partial charge on any atom is 0.189 e. The number of rotatable bonds is 2. The van der Waals surface area contributed by atoms with Crippen LogP contribution in [0.25, 0.3) is 17.1 Å². The van der Waals surface area contributed by atoms with E-state index in [9.17, 15) is 4.39 Å². The Kier molecular flexibility index (Phi) is 3.08. The average Bonchev–Trinajstić information content (AvgIpc) is 2.87. The van der Waals surface area contributed by atoms with Gasteiger partial charge in [0.2, 0.25) is 0 Å². The van der Waals surface area contributed by atoms with Gasteiger partial charge in [-0.05, 0) is 46.8 Å². The minimum atomic E-state index is -0.368. The van der Waals surface area contributed by atoms with Crippen LogP contribution in [0.3, 0.4) is 0 Å². The molecular weight excluding hydrogens is 281 g/mol. The predicted molar refractivity (Wildman–Crippen MR) is 74.0 cm³/mol. The summed E-state index contributed by atoms with van der Waals surface area (Å²) >= 11 is 5.87. The number of tetrazole rings is 1. The maximum atomic E-state index is 13.3. The van der Waals surface area contributed by atoms with Crippen molar-refractivity contribution in [3.63, 3.8) is 0 Å². The van der Waals surface area contributed by atoms with E-state index in [0.717, 1.165) is 0 Å². The van der Waals surface area contributed by atoms with Crippen LogP contribution < -0.4 is 5.73 Å². The highest BCUT2D eigenvalue weighted by Gasteiger charge is 2.14. The molecule has 2 aromatic carbocycles. The van der Waals surface area contributed by atoms with Crippen LogP contribution in [0, 0.1) is 5.82 Å². The van der Waals surface area contributed by atoms with E-state index in [1.807, 2.05) is 0 Å². The van der Waals surface area contributed by atoms with Gasteiger partial charge in [-0.1, -0.05) is 17.7 Å². The predicted octanol–water partition coefficient (Wildman–Crippen LogP) is 2.70. The average molecular weight is 290 g/mol. The minimum Gasteiger partial charge on any atom is -0.398 e. The summed E-state index contributed by atoms with van der Waals surface area (Å²) in [7, 11) is 0. The highest BCUT2D eigenvalue weighted by molar-refractivity contribution is 6.31. The number of anilines is 1. The van der Waals surface area contributed by atoms with Gasteiger partial charge in [0.15, 0.2) is 5.82 Å². The third-order valence-electron chi connectivity index (χ3n) is 2.78. The smallest absolute Gasteiger partial charge is 0.189 e. The van der Waals surface area contributed by atoms with Gasteiger partial charge in [0, 0.05) is 16.3 Å². The summed E-state index contributed by atoms with van der Waals surface area (Å²) in [5, 5.41) is 12.0. The number of nitrogens with zero attached hydrogens (tertiary/aromatic N) is 4. The fourth-order valence-electron chi connectivity index (χ4n) is 1.87. The van der Waals surface area contributed by atoms with Crippen LogP contribution in [-0.4, -0.2) is 20.2 Å². The Bertz CT molecular complexity index is 771. The molecule has 7 heteroatoms. The van der Waals surface area contributed by atoms with Crippen molar-refractivity contribution in [2.45, 2.75) is 0 Å². The van der Waals surface area contributed by atoms with Crippen molar-refractivity contribution in [2.75, 3.05) is 5.73 Å². The third kappa shape index (κ3) is 2.21. The van der Waals surface area contributed by atoms with Crippen molar-refractivity contribution >= 4 is 17.3 Å². The highest BCUT2D eigenvalue weighted by atomic mass is 35.5. The molecule has 1 heterocycles. The third-order valence-corrected chi connectivity index (χ3v) is 3.01. The van der Waals surface area contributed by atoms with Crippen LogP contribution in [0.1, 0.15) is 0 Å². The van der Waals surface area contributed by atoms with Crippen LogP contribution in [0.4, 0.5) is 10.1 Å². The molecule has 0 spiro atoms. The molecule has 3 aromatic rings. The Balaban J connectivity index is 2.15. The van der Waals surface area contributed by atoms with E-state index < -0.39 is 0 Å². The Labute approximate surface area is 118 Å². The quantitative estimate of drug-likeness (QED) is 0.736. The summed E-state index contributed by atoms with van der Waals surface area (Å²) in [4.78, 5) is 0. The zero-order valence-corrected chi connectivity index (χ0v) is 10.9. The second-order valence-corrected chi connectivity index (χ2v) is 4.56. The monoisotopic (exact) mass is 289 g/mol. The standard InChI is InChI=1S/C13H9ClFN5/c14-8-4-5-11(12(16)6-8)13-17-18-19-20(13)10-3-1-2-9(15)7-10/h1-7H,16H2. The summed E-state index contributed by atoms with van der Waals surface area (Å²) in [5.74, 6) is 0.0535. The number of benzene rings is 2. The summed E-state index contributed by atoms with van der Waals surface area (Å²) in [6, 6.07) is 11.0. The van der Waals surface area contributed by atoms with E-state index in [1.54, 1.807) is 30.3 Å². The van der Waals surface area contributed by atoms with Gasteiger partial charge >= 0.3 is 0 Å². The van der Waals surface area contributed by atoms with Gasteiger partial charge in [-0.3, -0.25) is 0 Å². The molecule has 3 rings (SSSR count). The van der Waals surface area contributed by atoms with Crippen molar-refractivity contribution in [3.05, 3.63) is 53.3 Å². The van der Waals surface area contributed by atoms with E-state index in [1.165, 1.54) is 16.8 Å². The van der Waals surface area contributed by atoms with Crippen LogP contribution in [-0.2, 0) is 0 Å². The largest absolute Gasteiger partial charge is 0.398 e. The van der Waals surface area contributed by atoms with Gasteiger partial charge in [0.25, 0.3) is 0 Å². The van der Waals surface area contributed by atoms with E-state index in [-0.39, 0.29) is 5.82 Å². The first-order valence-electron chi connectivity index (χ1n) is 5.75. The molecule has 0 atom stereocenters. The second-order valence-electron chi connectivity index (χ2n) is 4.13. The van der Waals surface area contributed by atoms with Crippen molar-refractivity contribution in [1.82, 2.24) is 20.2 Å². The van der Waals surface area contributed by atoms with Crippen molar-refractivity contribution in [2.24, 2.45) is 0 Å². The molecule has 0 saturated heterocycles. The molecule has 0 unspecified atom stereocenters. The van der Waals surface area contributed by atoms with E-state index in [2.05, 4.69) is 15.5 Å². The van der Waals surface area contributed by atoms with Gasteiger partial charge in [-0.2, -0.15) is 4.68 Å². The maximum absolute atomic E-state index is 13.3. The first-order valence-corrected chi connectivity index (χ1v) is 6.12. The Morgan fingerprint density at radius 1 is 1.15 bits per heavy atom. The fraction of sp³-hybridized carbons (Fsp3) is 0. The van der Waals surface area contributed by atoms with E-state index in [0.29, 0.717) is 27.8 Å². The lowest BCUT2D eigenvalue weighted by Crippen LogP contribution is -2.02. The molecule has 0 fully saturated rings. The number of nitrogens with two attached hydrogens (primary N) is 1. The molecule has 2 N–H and O–H groups in total. The van der Waals surface area contributed by atoms with Crippen molar-refractivity contribution in [1.29, 1.82) is 0 Å². The van der Waals surface area contributed by atoms with Gasteiger partial charge in [-0.25, -0.2) is 4.39 Å². The van der Waals surface area contributed by atoms with E-state index >= 15 is 0 Å². The minimum absolute atomic E-state index is 0.368. The molecule has 0 saturated carbocycles. The molecule has 0 amide bonds. The van der Waals surface area contributed by atoms with Gasteiger partial charge < -0.3 is 5.73 Å². The summed E-state index contributed by atoms with van der Waals surface area (Å²) in [5.41, 5.74) is 7.51. The Hall–Kier alpha value is -2.47. The van der Waals surface area contributed by atoms with Gasteiger partial charge in [-0.15, -0.1) is 5.10 Å². The summed E-state index contributed by atoms with van der Waals surface area (Å²) < 4.78 is 14.7. The topological polar surface area (TPSA) is 69.6 Å². The summed E-state index contributed by atoms with van der Waals surface area (Å²) in [6.07, 6.45) is 0. The molecule has 0 aliphatic heterocycles. The zero-order valence-electron chi connectivity index (χ0n) is 10.2. The normalized spacial score (nSPS) is 10.7. The van der Waals surface area contributed by atoms with Crippen LogP contribution in [0.2, 0.25) is 5.02 Å². The molecule has 20 heavy (non-hydrogen) atoms. The molecular formula is C13H9ClFN5. The molecule has 0 aliphatic carbocycles. The lowest BCUT2D eigenvalue weighted by molar-refractivity contribution is 0.625. The Morgan fingerprint density at radius 3 is 2.75 bits per heavy atom. The second kappa shape index (κ2) is 4.90. The number of nitrogen functional groups attached to an aromatic ring is 1. The molecule has 1 aromatic heterocycles. The molecule has 100 valence electrons. The van der Waals surface area contributed by atoms with Crippen molar-refractivity contribution in [3.8, 4) is 17.1 Å². The van der Waals surface area contributed by atoms with E-state index in [4.69, 9.17) is 17.3 Å². The first-order chi connectivity index (χ1) is 9.65. The summed E-state index contributed by atoms with van der Waals surface area (Å²) in [6.45, 7) is 0. The molecule has 0 radical (unpaired) electrons. The van der Waals surface area contributed by atoms with Gasteiger partial charge in [0.05, 0.1) is 5.69 Å². The highest BCUT2D eigenvalue weighted by Crippen LogP contribution is 2.27. The lowest BCUT2D eigenvalue weighted by Gasteiger charge is -2.07. The fourth-order valence-corrected chi connectivity index (χ4v) is 2.05. The lowest BCUT2D eigenvalue weighted by atomic mass is 10.1. The number of hydrogen-bond acceptors (Lipinski definition) is 4. The molecule has 0 bridgehead atoms. The number of aromatic nitrogens is 4. The molecule has 0 aliphatic rings. The van der Waals surface area contributed by atoms with Crippen LogP contribution in [0.5, 0.6) is 0 Å². The molecule has 5 nitrogen and oxygen atoms in total. The van der Waals surface area contributed by atoms with Gasteiger partial charge in [0.1, 0.15) is 5.82 Å². The SMILES string of the molecule is Nc1cc(Cl)ccc1-c1nnnn1-c1cccc(F)c1. The Morgan fingerprint density at radius 2 is 2.00 bits per heavy atom. The van der Waals surface area contributed by atoms with Crippen LogP contribution in [0.15, 0.2) is 42.5 Å². The number of halogens is 2. The van der Waals surface area contributed by atoms with Crippen LogP contribution >= 0.6 is 11.6 Å². The number of hydrogen-bond donors (Lipinski definition) is 1. The van der Waals surface area contributed by atoms with Crippen molar-refractivity contribution < 1.29 is 4.39 Å². The zero-order chi connectivity index (χ0) is 14.1. The first kappa shape index (κ1) is 12.6.